The predicted octanol–water partition coefficient (Wildman–Crippen LogP) is 6.86. The molecule has 0 saturated heterocycles. The average Bonchev–Trinajstić information content (AvgIpc) is 2.94. The average molecular weight is 545 g/mol. The first-order valence-electron chi connectivity index (χ1n) is 11.5. The van der Waals surface area contributed by atoms with Gasteiger partial charge in [0, 0.05) is 26.7 Å². The van der Waals surface area contributed by atoms with Gasteiger partial charge in [-0.05, 0) is 78.4 Å². The van der Waals surface area contributed by atoms with Gasteiger partial charge in [-0.1, -0.05) is 48.0 Å². The third-order valence-electron chi connectivity index (χ3n) is 5.38. The van der Waals surface area contributed by atoms with Crippen LogP contribution in [0, 0.1) is 5.82 Å². The van der Waals surface area contributed by atoms with Gasteiger partial charge in [-0.15, -0.1) is 11.8 Å². The summed E-state index contributed by atoms with van der Waals surface area (Å²) in [6, 6.07) is 27.9. The van der Waals surface area contributed by atoms with Crippen LogP contribution in [0.1, 0.15) is 26.3 Å². The second-order valence-electron chi connectivity index (χ2n) is 8.10. The summed E-state index contributed by atoms with van der Waals surface area (Å²) < 4.78 is 13.1. The zero-order valence-electron chi connectivity index (χ0n) is 20.0. The molecule has 5 nitrogen and oxygen atoms in total. The van der Waals surface area contributed by atoms with Crippen LogP contribution in [0.5, 0.6) is 0 Å². The summed E-state index contributed by atoms with van der Waals surface area (Å²) >= 11 is 7.60. The highest BCUT2D eigenvalue weighted by atomic mass is 35.5. The van der Waals surface area contributed by atoms with Crippen LogP contribution in [-0.4, -0.2) is 23.4 Å². The highest BCUT2D eigenvalue weighted by Crippen LogP contribution is 2.23. The van der Waals surface area contributed by atoms with Crippen LogP contribution in [0.25, 0.3) is 6.08 Å². The molecule has 190 valence electrons. The standard InChI is InChI=1S/C30H22ClFN2O3S/c31-26-9-5-4-8-22(26)18-27(34-29(36)21-6-2-1-3-7-21)30(37)33-24-14-16-25(17-15-24)38-19-28(35)20-10-12-23(32)13-11-20/h1-18H,19H2,(H,33,37)(H,34,36)/b27-18-. The molecule has 0 heterocycles. The summed E-state index contributed by atoms with van der Waals surface area (Å²) in [4.78, 5) is 39.1. The lowest BCUT2D eigenvalue weighted by Gasteiger charge is -2.12. The van der Waals surface area contributed by atoms with E-state index in [4.69, 9.17) is 11.6 Å². The van der Waals surface area contributed by atoms with E-state index in [1.165, 1.54) is 42.1 Å². The van der Waals surface area contributed by atoms with Gasteiger partial charge in [0.2, 0.25) is 0 Å². The molecule has 8 heteroatoms. The number of anilines is 1. The molecule has 4 aromatic rings. The summed E-state index contributed by atoms with van der Waals surface area (Å²) in [5.41, 5.74) is 1.95. The van der Waals surface area contributed by atoms with Gasteiger partial charge in [-0.25, -0.2) is 4.39 Å². The van der Waals surface area contributed by atoms with Crippen molar-refractivity contribution in [2.45, 2.75) is 4.90 Å². The number of nitrogens with one attached hydrogen (secondary N) is 2. The molecule has 4 rings (SSSR count). The molecule has 0 radical (unpaired) electrons. The number of Topliss-reactive ketones (excluding diaryl/α,β-unsaturated/α-hetero) is 1. The number of halogens is 2. The second-order valence-corrected chi connectivity index (χ2v) is 9.55. The summed E-state index contributed by atoms with van der Waals surface area (Å²) in [7, 11) is 0. The first-order chi connectivity index (χ1) is 18.4. The zero-order chi connectivity index (χ0) is 26.9. The molecule has 0 unspecified atom stereocenters. The van der Waals surface area contributed by atoms with E-state index in [2.05, 4.69) is 10.6 Å². The van der Waals surface area contributed by atoms with Gasteiger partial charge in [0.05, 0.1) is 5.75 Å². The van der Waals surface area contributed by atoms with Crippen molar-refractivity contribution >= 4 is 52.7 Å². The van der Waals surface area contributed by atoms with Crippen LogP contribution < -0.4 is 10.6 Å². The molecule has 0 aliphatic rings. The predicted molar refractivity (Wildman–Crippen MR) is 150 cm³/mol. The van der Waals surface area contributed by atoms with Crippen molar-refractivity contribution < 1.29 is 18.8 Å². The maximum Gasteiger partial charge on any atom is 0.272 e. The smallest absolute Gasteiger partial charge is 0.272 e. The van der Waals surface area contributed by atoms with Crippen molar-refractivity contribution in [3.05, 3.63) is 136 Å². The van der Waals surface area contributed by atoms with E-state index in [9.17, 15) is 18.8 Å². The molecule has 0 spiro atoms. The first-order valence-corrected chi connectivity index (χ1v) is 12.9. The van der Waals surface area contributed by atoms with Crippen molar-refractivity contribution in [1.29, 1.82) is 0 Å². The van der Waals surface area contributed by atoms with Gasteiger partial charge in [-0.2, -0.15) is 0 Å². The zero-order valence-corrected chi connectivity index (χ0v) is 21.6. The topological polar surface area (TPSA) is 75.3 Å². The number of carbonyl (C=O) groups excluding carboxylic acids is 3. The van der Waals surface area contributed by atoms with E-state index >= 15 is 0 Å². The molecular formula is C30H22ClFN2O3S. The lowest BCUT2D eigenvalue weighted by molar-refractivity contribution is -0.113. The van der Waals surface area contributed by atoms with Gasteiger partial charge in [-0.3, -0.25) is 14.4 Å². The Balaban J connectivity index is 1.44. The highest BCUT2D eigenvalue weighted by molar-refractivity contribution is 8.00. The lowest BCUT2D eigenvalue weighted by atomic mass is 10.1. The van der Waals surface area contributed by atoms with E-state index < -0.39 is 17.6 Å². The Bertz CT molecular complexity index is 1470. The number of amides is 2. The normalized spacial score (nSPS) is 11.1. The van der Waals surface area contributed by atoms with E-state index in [-0.39, 0.29) is 17.2 Å². The Kier molecular flexibility index (Phi) is 9.08. The molecule has 2 amide bonds. The van der Waals surface area contributed by atoms with Crippen molar-refractivity contribution in [2.24, 2.45) is 0 Å². The number of benzene rings is 4. The number of hydrogen-bond donors (Lipinski definition) is 2. The Morgan fingerprint density at radius 1 is 0.789 bits per heavy atom. The SMILES string of the molecule is O=C(Nc1ccc(SCC(=O)c2ccc(F)cc2)cc1)/C(=C/c1ccccc1Cl)NC(=O)c1ccccc1. The summed E-state index contributed by atoms with van der Waals surface area (Å²) in [5.74, 6) is -1.28. The fraction of sp³-hybridized carbons (Fsp3) is 0.0333. The van der Waals surface area contributed by atoms with Crippen molar-refractivity contribution in [1.82, 2.24) is 5.32 Å². The molecule has 38 heavy (non-hydrogen) atoms. The van der Waals surface area contributed by atoms with Crippen LogP contribution in [0.3, 0.4) is 0 Å². The van der Waals surface area contributed by atoms with E-state index in [1.54, 1.807) is 78.9 Å². The maximum atomic E-state index is 13.2. The third kappa shape index (κ3) is 7.41. The summed E-state index contributed by atoms with van der Waals surface area (Å²) in [6.07, 6.45) is 1.52. The van der Waals surface area contributed by atoms with Crippen LogP contribution in [-0.2, 0) is 4.79 Å². The van der Waals surface area contributed by atoms with Crippen molar-refractivity contribution in [3.63, 3.8) is 0 Å². The van der Waals surface area contributed by atoms with Crippen LogP contribution in [0.2, 0.25) is 5.02 Å². The molecule has 2 N–H and O–H groups in total. The number of carbonyl (C=O) groups is 3. The molecule has 0 aliphatic carbocycles. The highest BCUT2D eigenvalue weighted by Gasteiger charge is 2.16. The third-order valence-corrected chi connectivity index (χ3v) is 6.74. The monoisotopic (exact) mass is 544 g/mol. The van der Waals surface area contributed by atoms with Crippen molar-refractivity contribution in [3.8, 4) is 0 Å². The van der Waals surface area contributed by atoms with Gasteiger partial charge in [0.1, 0.15) is 11.5 Å². The number of hydrogen-bond acceptors (Lipinski definition) is 4. The molecular weight excluding hydrogens is 523 g/mol. The molecule has 0 aromatic heterocycles. The number of thioether (sulfide) groups is 1. The molecule has 4 aromatic carbocycles. The quantitative estimate of drug-likeness (QED) is 0.137. The minimum atomic E-state index is -0.527. The minimum Gasteiger partial charge on any atom is -0.321 e. The van der Waals surface area contributed by atoms with Crippen LogP contribution in [0.15, 0.2) is 114 Å². The maximum absolute atomic E-state index is 13.2. The fourth-order valence-corrected chi connectivity index (χ4v) is 4.37. The Labute approximate surface area is 228 Å². The van der Waals surface area contributed by atoms with Crippen LogP contribution >= 0.6 is 23.4 Å². The van der Waals surface area contributed by atoms with Gasteiger partial charge in [0.15, 0.2) is 5.78 Å². The minimum absolute atomic E-state index is 0.0234. The van der Waals surface area contributed by atoms with Gasteiger partial charge >= 0.3 is 0 Å². The van der Waals surface area contributed by atoms with Gasteiger partial charge in [0.25, 0.3) is 11.8 Å². The van der Waals surface area contributed by atoms with E-state index in [0.717, 1.165) is 4.90 Å². The first kappa shape index (κ1) is 26.9. The second kappa shape index (κ2) is 12.9. The molecule has 0 atom stereocenters. The molecule has 0 bridgehead atoms. The summed E-state index contributed by atoms with van der Waals surface area (Å²) in [6.45, 7) is 0. The summed E-state index contributed by atoms with van der Waals surface area (Å²) in [5, 5.41) is 5.90. The number of rotatable bonds is 9. The van der Waals surface area contributed by atoms with Crippen LogP contribution in [0.4, 0.5) is 10.1 Å². The molecule has 0 aliphatic heterocycles. The molecule has 0 fully saturated rings. The number of ketones is 1. The Morgan fingerprint density at radius 2 is 1.45 bits per heavy atom. The van der Waals surface area contributed by atoms with E-state index in [0.29, 0.717) is 27.4 Å². The van der Waals surface area contributed by atoms with E-state index in [1.807, 2.05) is 0 Å². The largest absolute Gasteiger partial charge is 0.321 e. The molecule has 0 saturated carbocycles. The Hall–Kier alpha value is -4.20. The van der Waals surface area contributed by atoms with Crippen molar-refractivity contribution in [2.75, 3.05) is 11.1 Å². The fourth-order valence-electron chi connectivity index (χ4n) is 3.39. The Morgan fingerprint density at radius 3 is 2.13 bits per heavy atom. The van der Waals surface area contributed by atoms with Gasteiger partial charge < -0.3 is 10.6 Å². The lowest BCUT2D eigenvalue weighted by Crippen LogP contribution is -2.30.